The quantitative estimate of drug-likeness (QED) is 0.521. The summed E-state index contributed by atoms with van der Waals surface area (Å²) in [4.78, 5) is 17.9. The van der Waals surface area contributed by atoms with Gasteiger partial charge in [-0.05, 0) is 37.3 Å². The van der Waals surface area contributed by atoms with Gasteiger partial charge in [0.25, 0.3) is 5.91 Å². The number of nitrogens with zero attached hydrogens (tertiary/aromatic N) is 2. The molecule has 2 heterocycles. The molecule has 3 aromatic rings. The van der Waals surface area contributed by atoms with E-state index in [-0.39, 0.29) is 5.91 Å². The summed E-state index contributed by atoms with van der Waals surface area (Å²) >= 11 is 12.1. The maximum atomic E-state index is 12.4. The first kappa shape index (κ1) is 17.8. The second-order valence-corrected chi connectivity index (χ2v) is 8.51. The van der Waals surface area contributed by atoms with Gasteiger partial charge in [-0.15, -0.1) is 11.3 Å². The van der Waals surface area contributed by atoms with Crippen molar-refractivity contribution in [3.8, 4) is 0 Å². The summed E-state index contributed by atoms with van der Waals surface area (Å²) in [6, 6.07) is 9.44. The summed E-state index contributed by atoms with van der Waals surface area (Å²) in [6.07, 6.45) is 0. The van der Waals surface area contributed by atoms with Gasteiger partial charge in [0, 0.05) is 17.6 Å². The number of fused-ring (bicyclic) bond motifs is 1. The van der Waals surface area contributed by atoms with Gasteiger partial charge in [-0.3, -0.25) is 4.79 Å². The number of carbonyl (C=O) groups is 1. The minimum Gasteiger partial charge on any atom is -0.380 e. The Morgan fingerprint density at radius 2 is 2.17 bits per heavy atom. The highest BCUT2D eigenvalue weighted by Gasteiger charge is 2.11. The number of ether oxygens (including phenoxy) is 1. The van der Waals surface area contributed by atoms with Crippen LogP contribution in [0.25, 0.3) is 10.2 Å². The summed E-state index contributed by atoms with van der Waals surface area (Å²) in [6.45, 7) is 3.84. The molecule has 1 amide bonds. The van der Waals surface area contributed by atoms with Crippen LogP contribution in [0.15, 0.2) is 39.8 Å². The molecule has 0 radical (unpaired) electrons. The number of thiazole rings is 1. The van der Waals surface area contributed by atoms with Crippen LogP contribution in [-0.4, -0.2) is 23.7 Å². The van der Waals surface area contributed by atoms with E-state index in [9.17, 15) is 4.79 Å². The molecule has 3 rings (SSSR count). The van der Waals surface area contributed by atoms with Gasteiger partial charge in [-0.2, -0.15) is 4.99 Å². The zero-order valence-electron chi connectivity index (χ0n) is 12.8. The number of rotatable bonds is 5. The van der Waals surface area contributed by atoms with Crippen molar-refractivity contribution in [2.75, 3.05) is 13.2 Å². The van der Waals surface area contributed by atoms with Crippen molar-refractivity contribution in [2.24, 2.45) is 4.99 Å². The maximum Gasteiger partial charge on any atom is 0.289 e. The first-order valence-electron chi connectivity index (χ1n) is 7.29. The minimum absolute atomic E-state index is 0.275. The Hall–Kier alpha value is -0.990. The molecule has 0 spiro atoms. The van der Waals surface area contributed by atoms with Gasteiger partial charge >= 0.3 is 0 Å². The molecule has 0 N–H and O–H groups in total. The molecule has 0 bridgehead atoms. The summed E-state index contributed by atoms with van der Waals surface area (Å²) in [5.41, 5.74) is 1.04. The molecule has 2 aromatic heterocycles. The van der Waals surface area contributed by atoms with Crippen LogP contribution in [0.4, 0.5) is 0 Å². The van der Waals surface area contributed by atoms with Crippen molar-refractivity contribution in [1.82, 2.24) is 4.57 Å². The predicted molar refractivity (Wildman–Crippen MR) is 103 cm³/mol. The van der Waals surface area contributed by atoms with Crippen molar-refractivity contribution < 1.29 is 9.53 Å². The van der Waals surface area contributed by atoms with Gasteiger partial charge < -0.3 is 9.30 Å². The van der Waals surface area contributed by atoms with Crippen LogP contribution < -0.4 is 4.80 Å². The second kappa shape index (κ2) is 7.93. The Kier molecular flexibility index (Phi) is 5.89. The lowest BCUT2D eigenvalue weighted by Crippen LogP contribution is -2.19. The molecule has 0 saturated carbocycles. The average Bonchev–Trinajstić information content (AvgIpc) is 3.11. The molecular formula is C16H14BrClN2O2S2. The standard InChI is InChI=1S/C16H14BrClN2O2S2/c1-2-22-8-7-20-11-4-3-10(17)9-13(11)24-16(20)19-15(21)12-5-6-14(18)23-12/h3-6,9H,2,7-8H2,1H3. The van der Waals surface area contributed by atoms with E-state index in [1.165, 1.54) is 22.7 Å². The smallest absolute Gasteiger partial charge is 0.289 e. The number of halogens is 2. The van der Waals surface area contributed by atoms with E-state index in [1.807, 2.05) is 29.7 Å². The van der Waals surface area contributed by atoms with Crippen molar-refractivity contribution in [3.63, 3.8) is 0 Å². The van der Waals surface area contributed by atoms with Gasteiger partial charge in [0.05, 0.1) is 26.0 Å². The zero-order chi connectivity index (χ0) is 17.1. The summed E-state index contributed by atoms with van der Waals surface area (Å²) in [5.74, 6) is -0.275. The van der Waals surface area contributed by atoms with Gasteiger partial charge in [0.15, 0.2) is 4.80 Å². The number of benzene rings is 1. The molecule has 4 nitrogen and oxygen atoms in total. The van der Waals surface area contributed by atoms with E-state index in [1.54, 1.807) is 12.1 Å². The Morgan fingerprint density at radius 3 is 2.88 bits per heavy atom. The molecule has 0 aliphatic rings. The second-order valence-electron chi connectivity index (χ2n) is 4.87. The minimum atomic E-state index is -0.275. The van der Waals surface area contributed by atoms with E-state index in [4.69, 9.17) is 16.3 Å². The van der Waals surface area contributed by atoms with Crippen molar-refractivity contribution in [1.29, 1.82) is 0 Å². The average molecular weight is 446 g/mol. The summed E-state index contributed by atoms with van der Waals surface area (Å²) in [5, 5.41) is 0. The molecule has 24 heavy (non-hydrogen) atoms. The third-order valence-electron chi connectivity index (χ3n) is 3.29. The number of amides is 1. The molecule has 0 unspecified atom stereocenters. The molecule has 0 atom stereocenters. The fraction of sp³-hybridized carbons (Fsp3) is 0.250. The lowest BCUT2D eigenvalue weighted by atomic mass is 10.3. The van der Waals surface area contributed by atoms with Crippen LogP contribution in [0.5, 0.6) is 0 Å². The van der Waals surface area contributed by atoms with Crippen molar-refractivity contribution >= 4 is 66.3 Å². The van der Waals surface area contributed by atoms with Crippen LogP contribution in [0.3, 0.4) is 0 Å². The Labute approximate surface area is 160 Å². The third-order valence-corrected chi connectivity index (χ3v) is 6.04. The maximum absolute atomic E-state index is 12.4. The van der Waals surface area contributed by atoms with E-state index in [0.717, 1.165) is 14.7 Å². The first-order chi connectivity index (χ1) is 11.6. The van der Waals surface area contributed by atoms with Gasteiger partial charge in [-0.25, -0.2) is 0 Å². The Bertz CT molecular complexity index is 945. The molecule has 0 aliphatic heterocycles. The fourth-order valence-electron chi connectivity index (χ4n) is 2.22. The van der Waals surface area contributed by atoms with E-state index in [2.05, 4.69) is 20.9 Å². The normalized spacial score (nSPS) is 12.2. The number of thiophene rings is 1. The van der Waals surface area contributed by atoms with Crippen LogP contribution in [-0.2, 0) is 11.3 Å². The summed E-state index contributed by atoms with van der Waals surface area (Å²) < 4.78 is 10.1. The van der Waals surface area contributed by atoms with E-state index in [0.29, 0.717) is 33.8 Å². The van der Waals surface area contributed by atoms with Gasteiger partial charge in [0.2, 0.25) is 0 Å². The number of hydrogen-bond acceptors (Lipinski definition) is 4. The Morgan fingerprint density at radius 1 is 1.33 bits per heavy atom. The fourth-order valence-corrected chi connectivity index (χ4v) is 4.75. The topological polar surface area (TPSA) is 43.6 Å². The number of hydrogen-bond donors (Lipinski definition) is 0. The highest BCUT2D eigenvalue weighted by Crippen LogP contribution is 2.24. The first-order valence-corrected chi connectivity index (χ1v) is 10.1. The number of aromatic nitrogens is 1. The molecule has 126 valence electrons. The van der Waals surface area contributed by atoms with Crippen LogP contribution in [0.1, 0.15) is 16.6 Å². The van der Waals surface area contributed by atoms with Crippen LogP contribution in [0, 0.1) is 0 Å². The Balaban J connectivity index is 2.06. The summed E-state index contributed by atoms with van der Waals surface area (Å²) in [7, 11) is 0. The third kappa shape index (κ3) is 3.97. The van der Waals surface area contributed by atoms with Gasteiger partial charge in [-0.1, -0.05) is 38.9 Å². The SMILES string of the molecule is CCOCCn1c(=NC(=O)c2ccc(Cl)s2)sc2cc(Br)ccc21. The van der Waals surface area contributed by atoms with Crippen LogP contribution >= 0.6 is 50.2 Å². The largest absolute Gasteiger partial charge is 0.380 e. The molecule has 0 saturated heterocycles. The van der Waals surface area contributed by atoms with Crippen LogP contribution in [0.2, 0.25) is 4.34 Å². The lowest BCUT2D eigenvalue weighted by molar-refractivity contribution is 0.100. The predicted octanol–water partition coefficient (Wildman–Crippen LogP) is 4.96. The van der Waals surface area contributed by atoms with Crippen molar-refractivity contribution in [3.05, 3.63) is 48.8 Å². The van der Waals surface area contributed by atoms with E-state index < -0.39 is 0 Å². The number of carbonyl (C=O) groups excluding carboxylic acids is 1. The molecule has 0 fully saturated rings. The zero-order valence-corrected chi connectivity index (χ0v) is 16.8. The molecule has 0 aliphatic carbocycles. The van der Waals surface area contributed by atoms with Crippen molar-refractivity contribution in [2.45, 2.75) is 13.5 Å². The highest BCUT2D eigenvalue weighted by molar-refractivity contribution is 9.10. The van der Waals surface area contributed by atoms with Gasteiger partial charge in [0.1, 0.15) is 0 Å². The molecule has 1 aromatic carbocycles. The molecule has 8 heteroatoms. The monoisotopic (exact) mass is 444 g/mol. The lowest BCUT2D eigenvalue weighted by Gasteiger charge is -2.05. The molecular weight excluding hydrogens is 432 g/mol. The highest BCUT2D eigenvalue weighted by atomic mass is 79.9. The van der Waals surface area contributed by atoms with E-state index >= 15 is 0 Å².